The summed E-state index contributed by atoms with van der Waals surface area (Å²) in [5.74, 6) is -3.10. The standard InChI is InChI=1S/C17H15NO4/c19-16(18-21)15(14-9-5-2-6-10-14)17(20)22-12-11-13-7-3-1-4-8-13/h1-10,15H,11-12H2. The molecule has 0 heterocycles. The third-order valence-electron chi connectivity index (χ3n) is 3.18. The van der Waals surface area contributed by atoms with Crippen LogP contribution in [0.5, 0.6) is 0 Å². The molecule has 0 aliphatic heterocycles. The first-order chi connectivity index (χ1) is 10.7. The molecule has 1 unspecified atom stereocenters. The summed E-state index contributed by atoms with van der Waals surface area (Å²) >= 11 is 0. The summed E-state index contributed by atoms with van der Waals surface area (Å²) in [6.45, 7) is 0.137. The van der Waals surface area contributed by atoms with E-state index >= 15 is 0 Å². The largest absolute Gasteiger partial charge is 0.464 e. The smallest absolute Gasteiger partial charge is 0.323 e. The van der Waals surface area contributed by atoms with Crippen LogP contribution in [0.4, 0.5) is 0 Å². The number of nitrogens with zero attached hydrogens (tertiary/aromatic N) is 1. The average Bonchev–Trinajstić information content (AvgIpc) is 2.57. The summed E-state index contributed by atoms with van der Waals surface area (Å²) in [5.41, 5.74) is 1.42. The Morgan fingerprint density at radius 3 is 2.14 bits per heavy atom. The van der Waals surface area contributed by atoms with E-state index in [9.17, 15) is 14.5 Å². The number of benzene rings is 2. The summed E-state index contributed by atoms with van der Waals surface area (Å²) < 4.78 is 5.13. The van der Waals surface area contributed by atoms with Gasteiger partial charge in [-0.05, 0) is 11.1 Å². The lowest BCUT2D eigenvalue weighted by molar-refractivity contribution is -0.148. The van der Waals surface area contributed by atoms with Crippen LogP contribution in [0.3, 0.4) is 0 Å². The van der Waals surface area contributed by atoms with Crippen LogP contribution < -0.4 is 0 Å². The molecule has 0 aliphatic carbocycles. The van der Waals surface area contributed by atoms with Gasteiger partial charge in [-0.15, -0.1) is 4.91 Å². The second-order valence-corrected chi connectivity index (χ2v) is 4.68. The number of carbonyl (C=O) groups excluding carboxylic acids is 2. The molecule has 0 N–H and O–H groups in total. The first-order valence-electron chi connectivity index (χ1n) is 6.85. The van der Waals surface area contributed by atoms with Gasteiger partial charge in [-0.1, -0.05) is 60.7 Å². The highest BCUT2D eigenvalue weighted by Crippen LogP contribution is 2.19. The average molecular weight is 297 g/mol. The number of hydrogen-bond donors (Lipinski definition) is 0. The molecule has 0 spiro atoms. The molecule has 5 nitrogen and oxygen atoms in total. The second-order valence-electron chi connectivity index (χ2n) is 4.68. The number of hydrogen-bond acceptors (Lipinski definition) is 4. The molecule has 22 heavy (non-hydrogen) atoms. The molecular weight excluding hydrogens is 282 g/mol. The van der Waals surface area contributed by atoms with Gasteiger partial charge in [0, 0.05) is 11.6 Å². The van der Waals surface area contributed by atoms with Crippen molar-refractivity contribution in [1.29, 1.82) is 0 Å². The van der Waals surface area contributed by atoms with Gasteiger partial charge in [0.15, 0.2) is 5.92 Å². The Morgan fingerprint density at radius 1 is 0.955 bits per heavy atom. The molecule has 1 atom stereocenters. The SMILES string of the molecule is O=NC(=O)C(C(=O)OCCc1ccccc1)c1ccccc1. The van der Waals surface area contributed by atoms with Crippen molar-refractivity contribution < 1.29 is 14.3 Å². The zero-order valence-corrected chi connectivity index (χ0v) is 11.8. The summed E-state index contributed by atoms with van der Waals surface area (Å²) in [6, 6.07) is 17.8. The summed E-state index contributed by atoms with van der Waals surface area (Å²) in [7, 11) is 0. The van der Waals surface area contributed by atoms with Crippen LogP contribution in [0.15, 0.2) is 65.8 Å². The molecule has 0 aliphatic rings. The fourth-order valence-corrected chi connectivity index (χ4v) is 2.08. The Hall–Kier alpha value is -2.82. The Morgan fingerprint density at radius 2 is 1.55 bits per heavy atom. The predicted octanol–water partition coefficient (Wildman–Crippen LogP) is 2.85. The molecule has 0 bridgehead atoms. The Balaban J connectivity index is 2.00. The lowest BCUT2D eigenvalue weighted by Crippen LogP contribution is -2.23. The number of rotatable bonds is 6. The third kappa shape index (κ3) is 4.09. The molecule has 5 heteroatoms. The number of esters is 1. The van der Waals surface area contributed by atoms with E-state index in [0.717, 1.165) is 5.56 Å². The maximum atomic E-state index is 12.1. The summed E-state index contributed by atoms with van der Waals surface area (Å²) in [6.07, 6.45) is 0.538. The van der Waals surface area contributed by atoms with Crippen LogP contribution >= 0.6 is 0 Å². The van der Waals surface area contributed by atoms with E-state index in [1.807, 2.05) is 30.3 Å². The van der Waals surface area contributed by atoms with Crippen LogP contribution in [-0.4, -0.2) is 18.5 Å². The van der Waals surface area contributed by atoms with E-state index in [0.29, 0.717) is 12.0 Å². The number of carbonyl (C=O) groups is 2. The highest BCUT2D eigenvalue weighted by atomic mass is 16.5. The molecule has 0 fully saturated rings. The molecule has 2 aromatic carbocycles. The quantitative estimate of drug-likeness (QED) is 0.467. The van der Waals surface area contributed by atoms with Crippen LogP contribution in [0, 0.1) is 4.91 Å². The maximum Gasteiger partial charge on any atom is 0.323 e. The Kier molecular flexibility index (Phi) is 5.54. The predicted molar refractivity (Wildman–Crippen MR) is 81.1 cm³/mol. The molecule has 0 aromatic heterocycles. The van der Waals surface area contributed by atoms with Crippen molar-refractivity contribution in [1.82, 2.24) is 0 Å². The van der Waals surface area contributed by atoms with Gasteiger partial charge in [-0.2, -0.15) is 0 Å². The van der Waals surface area contributed by atoms with E-state index in [2.05, 4.69) is 5.18 Å². The second kappa shape index (κ2) is 7.83. The molecule has 0 radical (unpaired) electrons. The van der Waals surface area contributed by atoms with Crippen LogP contribution in [-0.2, 0) is 20.7 Å². The van der Waals surface area contributed by atoms with E-state index in [-0.39, 0.29) is 6.61 Å². The topological polar surface area (TPSA) is 72.8 Å². The van der Waals surface area contributed by atoms with Gasteiger partial charge in [0.1, 0.15) is 0 Å². The zero-order chi connectivity index (χ0) is 15.8. The van der Waals surface area contributed by atoms with Crippen molar-refractivity contribution in [3.63, 3.8) is 0 Å². The number of ether oxygens (including phenoxy) is 1. The highest BCUT2D eigenvalue weighted by molar-refractivity contribution is 6.03. The fraction of sp³-hybridized carbons (Fsp3) is 0.176. The first kappa shape index (κ1) is 15.6. The minimum absolute atomic E-state index is 0.137. The van der Waals surface area contributed by atoms with E-state index in [1.165, 1.54) is 0 Å². The maximum absolute atomic E-state index is 12.1. The van der Waals surface area contributed by atoms with E-state index in [1.54, 1.807) is 30.3 Å². The van der Waals surface area contributed by atoms with E-state index in [4.69, 9.17) is 4.74 Å². The number of amides is 1. The van der Waals surface area contributed by atoms with Gasteiger partial charge in [0.2, 0.25) is 0 Å². The summed E-state index contributed by atoms with van der Waals surface area (Å²) in [5, 5.41) is 2.36. The minimum atomic E-state index is -1.30. The first-order valence-corrected chi connectivity index (χ1v) is 6.85. The van der Waals surface area contributed by atoms with Crippen molar-refractivity contribution in [2.24, 2.45) is 5.18 Å². The fourth-order valence-electron chi connectivity index (χ4n) is 2.08. The summed E-state index contributed by atoms with van der Waals surface area (Å²) in [4.78, 5) is 34.2. The van der Waals surface area contributed by atoms with Crippen molar-refractivity contribution in [2.75, 3.05) is 6.61 Å². The zero-order valence-electron chi connectivity index (χ0n) is 11.8. The Bertz CT molecular complexity index is 640. The molecular formula is C17H15NO4. The normalized spacial score (nSPS) is 11.5. The van der Waals surface area contributed by atoms with Gasteiger partial charge in [0.05, 0.1) is 6.61 Å². The van der Waals surface area contributed by atoms with Crippen molar-refractivity contribution in [2.45, 2.75) is 12.3 Å². The van der Waals surface area contributed by atoms with Crippen LogP contribution in [0.1, 0.15) is 17.0 Å². The highest BCUT2D eigenvalue weighted by Gasteiger charge is 2.30. The lowest BCUT2D eigenvalue weighted by atomic mass is 9.99. The van der Waals surface area contributed by atoms with Gasteiger partial charge < -0.3 is 4.74 Å². The Labute approximate surface area is 127 Å². The number of nitroso groups, excluding NO2 is 1. The molecule has 0 saturated heterocycles. The molecule has 2 rings (SSSR count). The van der Waals surface area contributed by atoms with Crippen LogP contribution in [0.25, 0.3) is 0 Å². The molecule has 0 saturated carbocycles. The minimum Gasteiger partial charge on any atom is -0.464 e. The molecule has 2 aromatic rings. The van der Waals surface area contributed by atoms with Crippen molar-refractivity contribution in [3.8, 4) is 0 Å². The molecule has 1 amide bonds. The van der Waals surface area contributed by atoms with Crippen molar-refractivity contribution >= 4 is 11.9 Å². The third-order valence-corrected chi connectivity index (χ3v) is 3.18. The lowest BCUT2D eigenvalue weighted by Gasteiger charge is -2.12. The van der Waals surface area contributed by atoms with Gasteiger partial charge >= 0.3 is 11.9 Å². The molecule has 112 valence electrons. The van der Waals surface area contributed by atoms with Gasteiger partial charge in [0.25, 0.3) is 0 Å². The van der Waals surface area contributed by atoms with Crippen LogP contribution in [0.2, 0.25) is 0 Å². The van der Waals surface area contributed by atoms with Gasteiger partial charge in [-0.25, -0.2) is 0 Å². The monoisotopic (exact) mass is 297 g/mol. The van der Waals surface area contributed by atoms with Gasteiger partial charge in [-0.3, -0.25) is 9.59 Å². The van der Waals surface area contributed by atoms with Crippen molar-refractivity contribution in [3.05, 3.63) is 76.7 Å². The van der Waals surface area contributed by atoms with E-state index < -0.39 is 17.8 Å².